The van der Waals surface area contributed by atoms with Gasteiger partial charge < -0.3 is 19.3 Å². The van der Waals surface area contributed by atoms with Crippen LogP contribution in [0.3, 0.4) is 0 Å². The molecule has 0 aliphatic heterocycles. The number of methoxy groups -OCH3 is 1. The first kappa shape index (κ1) is 15.4. The van der Waals surface area contributed by atoms with Gasteiger partial charge in [0.15, 0.2) is 0 Å². The van der Waals surface area contributed by atoms with Crippen LogP contribution < -0.4 is 0 Å². The van der Waals surface area contributed by atoms with Crippen molar-refractivity contribution in [2.24, 2.45) is 0 Å². The normalized spacial score (nSPS) is 9.31. The van der Waals surface area contributed by atoms with Crippen molar-refractivity contribution in [1.82, 2.24) is 0 Å². The van der Waals surface area contributed by atoms with Gasteiger partial charge in [-0.25, -0.2) is 4.79 Å². The third kappa shape index (κ3) is 14.8. The van der Waals surface area contributed by atoms with Gasteiger partial charge in [-0.1, -0.05) is 0 Å². The maximum Gasteiger partial charge on any atom is 0.329 e. The topological polar surface area (TPSA) is 65.0 Å². The smallest absolute Gasteiger partial charge is 0.329 e. The molecule has 13 heavy (non-hydrogen) atoms. The number of carbonyl (C=O) groups is 1. The standard InChI is InChI=1S/C7H14O5.Zn/c1-10-2-3-11-4-5-12-6-7(8)9;/h2-6H2,1H3,(H,8,9);. The van der Waals surface area contributed by atoms with Crippen LogP contribution in [-0.2, 0) is 38.5 Å². The Morgan fingerprint density at radius 2 is 1.69 bits per heavy atom. The second kappa shape index (κ2) is 12.0. The average molecular weight is 244 g/mol. The zero-order valence-electron chi connectivity index (χ0n) is 7.82. The van der Waals surface area contributed by atoms with E-state index in [1.807, 2.05) is 0 Å². The molecular formula is C7H14O5Zn. The minimum Gasteiger partial charge on any atom is -0.480 e. The van der Waals surface area contributed by atoms with Gasteiger partial charge in [-0.15, -0.1) is 0 Å². The van der Waals surface area contributed by atoms with Crippen molar-refractivity contribution in [3.05, 3.63) is 0 Å². The SMILES string of the molecule is COCCOCCOCC(=O)O.[Zn]. The molecule has 0 aliphatic carbocycles. The molecule has 0 radical (unpaired) electrons. The molecule has 0 unspecified atom stereocenters. The fourth-order valence-corrected chi connectivity index (χ4v) is 0.522. The van der Waals surface area contributed by atoms with Crippen LogP contribution in [0.15, 0.2) is 0 Å². The van der Waals surface area contributed by atoms with E-state index in [1.165, 1.54) is 0 Å². The van der Waals surface area contributed by atoms with Crippen LogP contribution in [-0.4, -0.2) is 51.2 Å². The van der Waals surface area contributed by atoms with E-state index in [0.717, 1.165) is 0 Å². The van der Waals surface area contributed by atoms with Crippen molar-refractivity contribution in [3.8, 4) is 0 Å². The molecule has 0 saturated heterocycles. The summed E-state index contributed by atoms with van der Waals surface area (Å²) in [5, 5.41) is 8.17. The molecular weight excluding hydrogens is 229 g/mol. The Kier molecular flexibility index (Phi) is 14.2. The van der Waals surface area contributed by atoms with Crippen LogP contribution in [0.4, 0.5) is 0 Å². The fourth-order valence-electron chi connectivity index (χ4n) is 0.522. The predicted octanol–water partition coefficient (Wildman–Crippen LogP) is -0.252. The molecule has 0 rings (SSSR count). The van der Waals surface area contributed by atoms with Gasteiger partial charge in [0, 0.05) is 26.6 Å². The van der Waals surface area contributed by atoms with E-state index in [4.69, 9.17) is 19.3 Å². The Labute approximate surface area is 90.1 Å². The molecule has 5 nitrogen and oxygen atoms in total. The van der Waals surface area contributed by atoms with Crippen molar-refractivity contribution < 1.29 is 43.6 Å². The van der Waals surface area contributed by atoms with E-state index in [2.05, 4.69) is 0 Å². The van der Waals surface area contributed by atoms with Gasteiger partial charge in [0.05, 0.1) is 26.4 Å². The third-order valence-electron chi connectivity index (χ3n) is 1.03. The number of hydrogen-bond acceptors (Lipinski definition) is 4. The molecule has 6 heteroatoms. The van der Waals surface area contributed by atoms with Gasteiger partial charge >= 0.3 is 5.97 Å². The first-order valence-corrected chi connectivity index (χ1v) is 3.63. The maximum atomic E-state index is 9.95. The van der Waals surface area contributed by atoms with Crippen molar-refractivity contribution in [3.63, 3.8) is 0 Å². The molecule has 0 saturated carbocycles. The van der Waals surface area contributed by atoms with Crippen LogP contribution >= 0.6 is 0 Å². The first-order chi connectivity index (χ1) is 5.77. The minimum absolute atomic E-state index is 0. The van der Waals surface area contributed by atoms with E-state index in [0.29, 0.717) is 26.4 Å². The van der Waals surface area contributed by atoms with Crippen LogP contribution in [0.1, 0.15) is 0 Å². The van der Waals surface area contributed by atoms with Crippen LogP contribution in [0.5, 0.6) is 0 Å². The summed E-state index contributed by atoms with van der Waals surface area (Å²) in [6, 6.07) is 0. The average Bonchev–Trinajstić information content (AvgIpc) is 2.02. The Hall–Kier alpha value is -0.0266. The van der Waals surface area contributed by atoms with Crippen LogP contribution in [0.25, 0.3) is 0 Å². The Bertz CT molecular complexity index is 119. The molecule has 0 heterocycles. The van der Waals surface area contributed by atoms with E-state index >= 15 is 0 Å². The molecule has 0 amide bonds. The molecule has 0 aliphatic rings. The summed E-state index contributed by atoms with van der Waals surface area (Å²) in [6.07, 6.45) is 0. The van der Waals surface area contributed by atoms with Gasteiger partial charge in [-0.2, -0.15) is 0 Å². The van der Waals surface area contributed by atoms with Crippen LogP contribution in [0.2, 0.25) is 0 Å². The van der Waals surface area contributed by atoms with Gasteiger partial charge in [0.25, 0.3) is 0 Å². The van der Waals surface area contributed by atoms with Gasteiger partial charge in [-0.3, -0.25) is 0 Å². The molecule has 0 aromatic rings. The Morgan fingerprint density at radius 3 is 2.23 bits per heavy atom. The molecule has 0 aromatic heterocycles. The number of aliphatic carboxylic acids is 1. The third-order valence-corrected chi connectivity index (χ3v) is 1.03. The molecule has 0 bridgehead atoms. The molecule has 74 valence electrons. The van der Waals surface area contributed by atoms with Crippen molar-refractivity contribution in [1.29, 1.82) is 0 Å². The summed E-state index contributed by atoms with van der Waals surface area (Å²) >= 11 is 0. The number of carboxylic acids is 1. The minimum atomic E-state index is -0.966. The monoisotopic (exact) mass is 242 g/mol. The molecule has 1 N–H and O–H groups in total. The van der Waals surface area contributed by atoms with Crippen molar-refractivity contribution in [2.45, 2.75) is 0 Å². The summed E-state index contributed by atoms with van der Waals surface area (Å²) in [5.74, 6) is -0.966. The largest absolute Gasteiger partial charge is 0.480 e. The Balaban J connectivity index is 0. The summed E-state index contributed by atoms with van der Waals surface area (Å²) in [7, 11) is 1.59. The molecule has 0 fully saturated rings. The summed E-state index contributed by atoms with van der Waals surface area (Å²) in [5.41, 5.74) is 0. The summed E-state index contributed by atoms with van der Waals surface area (Å²) in [4.78, 5) is 9.95. The zero-order chi connectivity index (χ0) is 9.23. The molecule has 0 atom stereocenters. The number of carboxylic acid groups (broad SMARTS) is 1. The summed E-state index contributed by atoms with van der Waals surface area (Å²) < 4.78 is 14.4. The quantitative estimate of drug-likeness (QED) is 0.470. The van der Waals surface area contributed by atoms with Crippen molar-refractivity contribution in [2.75, 3.05) is 40.1 Å². The van der Waals surface area contributed by atoms with Gasteiger partial charge in [-0.05, 0) is 0 Å². The second-order valence-electron chi connectivity index (χ2n) is 2.05. The molecule has 0 aromatic carbocycles. The zero-order valence-corrected chi connectivity index (χ0v) is 10.8. The van der Waals surface area contributed by atoms with Crippen molar-refractivity contribution >= 4 is 5.97 Å². The number of ether oxygens (including phenoxy) is 3. The number of rotatable bonds is 8. The summed E-state index contributed by atoms with van der Waals surface area (Å²) in [6.45, 7) is 1.48. The fraction of sp³-hybridized carbons (Fsp3) is 0.857. The van der Waals surface area contributed by atoms with E-state index in [1.54, 1.807) is 7.11 Å². The first-order valence-electron chi connectivity index (χ1n) is 3.63. The van der Waals surface area contributed by atoms with Gasteiger partial charge in [0.2, 0.25) is 0 Å². The van der Waals surface area contributed by atoms with E-state index < -0.39 is 5.97 Å². The van der Waals surface area contributed by atoms with E-state index in [-0.39, 0.29) is 26.1 Å². The van der Waals surface area contributed by atoms with Gasteiger partial charge in [0.1, 0.15) is 6.61 Å². The molecule has 0 spiro atoms. The van der Waals surface area contributed by atoms with Crippen LogP contribution in [0, 0.1) is 0 Å². The second-order valence-corrected chi connectivity index (χ2v) is 2.05. The maximum absolute atomic E-state index is 9.95. The van der Waals surface area contributed by atoms with E-state index in [9.17, 15) is 4.79 Å². The number of hydrogen-bond donors (Lipinski definition) is 1. The Morgan fingerprint density at radius 1 is 1.15 bits per heavy atom. The predicted molar refractivity (Wildman–Crippen MR) is 41.1 cm³/mol.